The van der Waals surface area contributed by atoms with Crippen LogP contribution in [0.5, 0.6) is 0 Å². The van der Waals surface area contributed by atoms with Crippen molar-refractivity contribution in [3.63, 3.8) is 0 Å². The fraction of sp³-hybridized carbons (Fsp3) is 0.533. The van der Waals surface area contributed by atoms with E-state index in [9.17, 15) is 9.18 Å². The van der Waals surface area contributed by atoms with E-state index in [1.807, 2.05) is 0 Å². The van der Waals surface area contributed by atoms with Crippen molar-refractivity contribution in [1.82, 2.24) is 0 Å². The van der Waals surface area contributed by atoms with Gasteiger partial charge in [-0.3, -0.25) is 4.79 Å². The number of halogens is 2. The van der Waals surface area contributed by atoms with E-state index in [0.29, 0.717) is 18.7 Å². The molecule has 1 amide bonds. The minimum atomic E-state index is -0.344. The number of benzene rings is 1. The molecular weight excluding hydrogens is 279 g/mol. The van der Waals surface area contributed by atoms with E-state index in [4.69, 9.17) is 5.73 Å². The maximum absolute atomic E-state index is 13.0. The molecule has 0 bridgehead atoms. The lowest BCUT2D eigenvalue weighted by atomic mass is 9.71. The van der Waals surface area contributed by atoms with Crippen molar-refractivity contribution in [3.05, 3.63) is 30.1 Å². The molecule has 1 aliphatic carbocycles. The quantitative estimate of drug-likeness (QED) is 0.894. The number of anilines is 1. The van der Waals surface area contributed by atoms with Gasteiger partial charge in [0, 0.05) is 12.1 Å². The molecule has 5 heteroatoms. The van der Waals surface area contributed by atoms with Crippen LogP contribution in [-0.4, -0.2) is 12.5 Å². The highest BCUT2D eigenvalue weighted by molar-refractivity contribution is 5.91. The molecule has 0 aromatic heterocycles. The molecule has 1 aromatic rings. The van der Waals surface area contributed by atoms with Gasteiger partial charge in [0.2, 0.25) is 5.91 Å². The van der Waals surface area contributed by atoms with Crippen molar-refractivity contribution in [2.45, 2.75) is 38.5 Å². The Bertz CT molecular complexity index is 447. The number of carbonyl (C=O) groups excluding carboxylic acids is 1. The first-order valence-electron chi connectivity index (χ1n) is 6.89. The minimum Gasteiger partial charge on any atom is -0.330 e. The largest absolute Gasteiger partial charge is 0.330 e. The van der Waals surface area contributed by atoms with Gasteiger partial charge in [0.15, 0.2) is 0 Å². The fourth-order valence-corrected chi connectivity index (χ4v) is 2.87. The first kappa shape index (κ1) is 16.9. The molecule has 0 radical (unpaired) electrons. The van der Waals surface area contributed by atoms with Crippen molar-refractivity contribution in [3.8, 4) is 0 Å². The molecule has 1 aromatic carbocycles. The molecule has 1 aliphatic rings. The van der Waals surface area contributed by atoms with Gasteiger partial charge in [0.1, 0.15) is 5.82 Å². The summed E-state index contributed by atoms with van der Waals surface area (Å²) >= 11 is 0. The predicted molar refractivity (Wildman–Crippen MR) is 81.5 cm³/mol. The molecule has 0 spiro atoms. The van der Waals surface area contributed by atoms with E-state index < -0.39 is 0 Å². The molecule has 0 unspecified atom stereocenters. The standard InChI is InChI=1S/C15H21FN2O.ClH/c16-12-5-4-6-13(9-12)18-14(19)10-15(11-17)7-2-1-3-8-15;/h4-6,9H,1-3,7-8,10-11,17H2,(H,18,19);1H. The minimum absolute atomic E-state index is 0. The van der Waals surface area contributed by atoms with Crippen LogP contribution < -0.4 is 11.1 Å². The topological polar surface area (TPSA) is 55.1 Å². The second-order valence-electron chi connectivity index (χ2n) is 5.50. The van der Waals surface area contributed by atoms with E-state index in [2.05, 4.69) is 5.32 Å². The Hall–Kier alpha value is -1.13. The van der Waals surface area contributed by atoms with Crippen LogP contribution in [0.15, 0.2) is 24.3 Å². The van der Waals surface area contributed by atoms with Gasteiger partial charge in [-0.1, -0.05) is 25.3 Å². The third kappa shape index (κ3) is 4.46. The molecular formula is C15H22ClFN2O. The van der Waals surface area contributed by atoms with Gasteiger partial charge in [-0.15, -0.1) is 12.4 Å². The van der Waals surface area contributed by atoms with Gasteiger partial charge in [0.25, 0.3) is 0 Å². The van der Waals surface area contributed by atoms with Crippen LogP contribution in [0.25, 0.3) is 0 Å². The molecule has 0 atom stereocenters. The molecule has 1 fully saturated rings. The highest BCUT2D eigenvalue weighted by atomic mass is 35.5. The van der Waals surface area contributed by atoms with Gasteiger partial charge < -0.3 is 11.1 Å². The smallest absolute Gasteiger partial charge is 0.224 e. The Morgan fingerprint density at radius 2 is 2.00 bits per heavy atom. The lowest BCUT2D eigenvalue weighted by molar-refractivity contribution is -0.118. The van der Waals surface area contributed by atoms with Crippen LogP contribution in [0.1, 0.15) is 38.5 Å². The summed E-state index contributed by atoms with van der Waals surface area (Å²) in [6.45, 7) is 0.545. The average molecular weight is 301 g/mol. The highest BCUT2D eigenvalue weighted by Gasteiger charge is 2.32. The fourth-order valence-electron chi connectivity index (χ4n) is 2.87. The van der Waals surface area contributed by atoms with Crippen LogP contribution in [0.3, 0.4) is 0 Å². The van der Waals surface area contributed by atoms with Crippen LogP contribution in [-0.2, 0) is 4.79 Å². The number of carbonyl (C=O) groups is 1. The molecule has 2 rings (SSSR count). The van der Waals surface area contributed by atoms with Gasteiger partial charge in [-0.25, -0.2) is 4.39 Å². The summed E-state index contributed by atoms with van der Waals surface area (Å²) in [6, 6.07) is 5.97. The van der Waals surface area contributed by atoms with E-state index in [-0.39, 0.29) is 29.5 Å². The summed E-state index contributed by atoms with van der Waals surface area (Å²) in [5.41, 5.74) is 6.31. The van der Waals surface area contributed by atoms with Crippen LogP contribution in [0, 0.1) is 11.2 Å². The molecule has 112 valence electrons. The summed E-state index contributed by atoms with van der Waals surface area (Å²) in [4.78, 5) is 12.1. The lowest BCUT2D eigenvalue weighted by Crippen LogP contribution is -2.36. The second kappa shape index (κ2) is 7.60. The van der Waals surface area contributed by atoms with Crippen molar-refractivity contribution in [1.29, 1.82) is 0 Å². The van der Waals surface area contributed by atoms with Crippen LogP contribution in [0.2, 0.25) is 0 Å². The Labute approximate surface area is 125 Å². The summed E-state index contributed by atoms with van der Waals surface area (Å²) in [6.07, 6.45) is 5.97. The van der Waals surface area contributed by atoms with E-state index in [1.54, 1.807) is 12.1 Å². The number of nitrogens with one attached hydrogen (secondary N) is 1. The Balaban J connectivity index is 0.00000200. The maximum Gasteiger partial charge on any atom is 0.224 e. The first-order chi connectivity index (χ1) is 9.13. The molecule has 0 saturated heterocycles. The summed E-state index contributed by atoms with van der Waals surface area (Å²) in [5.74, 6) is -0.415. The van der Waals surface area contributed by atoms with Crippen molar-refractivity contribution >= 4 is 24.0 Å². The zero-order chi connectivity index (χ0) is 13.7. The van der Waals surface area contributed by atoms with Gasteiger partial charge in [-0.2, -0.15) is 0 Å². The number of rotatable bonds is 4. The molecule has 0 aliphatic heterocycles. The third-order valence-corrected chi connectivity index (χ3v) is 3.99. The summed E-state index contributed by atoms with van der Waals surface area (Å²) < 4.78 is 13.0. The van der Waals surface area contributed by atoms with Gasteiger partial charge >= 0.3 is 0 Å². The summed E-state index contributed by atoms with van der Waals surface area (Å²) in [7, 11) is 0. The Kier molecular flexibility index (Phi) is 6.43. The van der Waals surface area contributed by atoms with Gasteiger partial charge in [0.05, 0.1) is 0 Å². The first-order valence-corrected chi connectivity index (χ1v) is 6.89. The highest BCUT2D eigenvalue weighted by Crippen LogP contribution is 2.38. The number of hydrogen-bond donors (Lipinski definition) is 2. The summed E-state index contributed by atoms with van der Waals surface area (Å²) in [5, 5.41) is 2.75. The number of hydrogen-bond acceptors (Lipinski definition) is 2. The van der Waals surface area contributed by atoms with Crippen LogP contribution in [0.4, 0.5) is 10.1 Å². The number of nitrogens with two attached hydrogens (primary N) is 1. The zero-order valence-corrected chi connectivity index (χ0v) is 12.3. The number of amides is 1. The van der Waals surface area contributed by atoms with Crippen LogP contribution >= 0.6 is 12.4 Å². The average Bonchev–Trinajstić information content (AvgIpc) is 2.39. The van der Waals surface area contributed by atoms with E-state index in [0.717, 1.165) is 25.7 Å². The lowest BCUT2D eigenvalue weighted by Gasteiger charge is -2.35. The molecule has 1 saturated carbocycles. The van der Waals surface area contributed by atoms with E-state index in [1.165, 1.54) is 18.6 Å². The maximum atomic E-state index is 13.0. The monoisotopic (exact) mass is 300 g/mol. The Morgan fingerprint density at radius 3 is 2.60 bits per heavy atom. The molecule has 0 heterocycles. The zero-order valence-electron chi connectivity index (χ0n) is 11.5. The molecule has 20 heavy (non-hydrogen) atoms. The van der Waals surface area contributed by atoms with Gasteiger partial charge in [-0.05, 0) is 43.0 Å². The Morgan fingerprint density at radius 1 is 1.30 bits per heavy atom. The molecule has 3 nitrogen and oxygen atoms in total. The second-order valence-corrected chi connectivity index (χ2v) is 5.50. The van der Waals surface area contributed by atoms with Crippen molar-refractivity contribution in [2.75, 3.05) is 11.9 Å². The molecule has 3 N–H and O–H groups in total. The van der Waals surface area contributed by atoms with Crippen molar-refractivity contribution in [2.24, 2.45) is 11.1 Å². The normalized spacial score (nSPS) is 17.1. The third-order valence-electron chi connectivity index (χ3n) is 3.99. The van der Waals surface area contributed by atoms with Crippen molar-refractivity contribution < 1.29 is 9.18 Å². The predicted octanol–water partition coefficient (Wildman–Crippen LogP) is 3.49. The SMILES string of the molecule is Cl.NCC1(CC(=O)Nc2cccc(F)c2)CCCCC1. The van der Waals surface area contributed by atoms with E-state index >= 15 is 0 Å².